The molecule has 2 aromatic carbocycles. The Hall–Kier alpha value is -2.81. The molecule has 0 fully saturated rings. The van der Waals surface area contributed by atoms with Crippen LogP contribution in [0.4, 0.5) is 0 Å². The molecule has 0 saturated carbocycles. The first-order chi connectivity index (χ1) is 15.0. The SMILES string of the molecule is CN=C(NCc1ccc(Cn2ccccc2=O)cc1)NCC(C)Oc1cccc(C)c1.I. The molecule has 3 rings (SSSR count). The van der Waals surface area contributed by atoms with Gasteiger partial charge in [-0.2, -0.15) is 0 Å². The van der Waals surface area contributed by atoms with E-state index in [9.17, 15) is 4.79 Å². The van der Waals surface area contributed by atoms with Gasteiger partial charge in [0.15, 0.2) is 5.96 Å². The number of rotatable bonds is 8. The van der Waals surface area contributed by atoms with E-state index >= 15 is 0 Å². The minimum atomic E-state index is 0. The van der Waals surface area contributed by atoms with Gasteiger partial charge in [-0.25, -0.2) is 0 Å². The van der Waals surface area contributed by atoms with E-state index in [0.29, 0.717) is 19.6 Å². The predicted octanol–water partition coefficient (Wildman–Crippen LogP) is 3.96. The second-order valence-electron chi connectivity index (χ2n) is 7.53. The van der Waals surface area contributed by atoms with Gasteiger partial charge in [0.25, 0.3) is 5.56 Å². The Labute approximate surface area is 206 Å². The van der Waals surface area contributed by atoms with E-state index in [1.807, 2.05) is 43.3 Å². The molecule has 2 N–H and O–H groups in total. The van der Waals surface area contributed by atoms with E-state index in [1.54, 1.807) is 29.9 Å². The maximum absolute atomic E-state index is 11.9. The maximum Gasteiger partial charge on any atom is 0.250 e. The Morgan fingerprint density at radius 2 is 1.78 bits per heavy atom. The first-order valence-corrected chi connectivity index (χ1v) is 10.4. The van der Waals surface area contributed by atoms with E-state index in [2.05, 4.69) is 40.7 Å². The third kappa shape index (κ3) is 8.03. The van der Waals surface area contributed by atoms with Gasteiger partial charge in [0.05, 0.1) is 13.1 Å². The molecule has 6 nitrogen and oxygen atoms in total. The van der Waals surface area contributed by atoms with Crippen molar-refractivity contribution in [2.75, 3.05) is 13.6 Å². The van der Waals surface area contributed by atoms with E-state index in [0.717, 1.165) is 22.8 Å². The zero-order valence-corrected chi connectivity index (χ0v) is 21.1. The van der Waals surface area contributed by atoms with Crippen molar-refractivity contribution in [1.82, 2.24) is 15.2 Å². The topological polar surface area (TPSA) is 67.7 Å². The molecule has 0 spiro atoms. The summed E-state index contributed by atoms with van der Waals surface area (Å²) in [5, 5.41) is 6.62. The molecule has 0 amide bonds. The first kappa shape index (κ1) is 25.5. The molecule has 0 saturated heterocycles. The van der Waals surface area contributed by atoms with Crippen molar-refractivity contribution in [3.8, 4) is 5.75 Å². The Kier molecular flexibility index (Phi) is 10.3. The van der Waals surface area contributed by atoms with Gasteiger partial charge in [-0.3, -0.25) is 9.79 Å². The normalized spacial score (nSPS) is 11.9. The summed E-state index contributed by atoms with van der Waals surface area (Å²) in [7, 11) is 1.75. The average molecular weight is 546 g/mol. The molecular weight excluding hydrogens is 515 g/mol. The number of benzene rings is 2. The third-order valence-electron chi connectivity index (χ3n) is 4.84. The van der Waals surface area contributed by atoms with E-state index in [1.165, 1.54) is 5.56 Å². The van der Waals surface area contributed by atoms with E-state index in [-0.39, 0.29) is 35.6 Å². The van der Waals surface area contributed by atoms with Crippen LogP contribution in [0.3, 0.4) is 0 Å². The summed E-state index contributed by atoms with van der Waals surface area (Å²) < 4.78 is 7.65. The molecular formula is C25H31IN4O2. The number of hydrogen-bond acceptors (Lipinski definition) is 3. The molecule has 1 aromatic heterocycles. The summed E-state index contributed by atoms with van der Waals surface area (Å²) in [4.78, 5) is 16.1. The smallest absolute Gasteiger partial charge is 0.250 e. The standard InChI is InChI=1S/C25H30N4O2.HI/c1-19-7-6-8-23(15-19)31-20(2)16-27-25(26-3)28-17-21-10-12-22(13-11-21)18-29-14-5-4-9-24(29)30;/h4-15,20H,16-18H2,1-3H3,(H2,26,27,28);1H. The zero-order chi connectivity index (χ0) is 22.1. The van der Waals surface area contributed by atoms with Crippen LogP contribution in [0.25, 0.3) is 0 Å². The van der Waals surface area contributed by atoms with Crippen LogP contribution in [-0.2, 0) is 13.1 Å². The number of aromatic nitrogens is 1. The molecule has 170 valence electrons. The molecule has 7 heteroatoms. The largest absolute Gasteiger partial charge is 0.489 e. The number of pyridine rings is 1. The van der Waals surface area contributed by atoms with Gasteiger partial charge in [0, 0.05) is 25.9 Å². The van der Waals surface area contributed by atoms with Crippen molar-refractivity contribution in [3.63, 3.8) is 0 Å². The fourth-order valence-corrected chi connectivity index (χ4v) is 3.16. The second-order valence-corrected chi connectivity index (χ2v) is 7.53. The average Bonchev–Trinajstić information content (AvgIpc) is 2.76. The molecule has 0 aliphatic rings. The van der Waals surface area contributed by atoms with Gasteiger partial charge in [-0.15, -0.1) is 24.0 Å². The van der Waals surface area contributed by atoms with E-state index < -0.39 is 0 Å². The zero-order valence-electron chi connectivity index (χ0n) is 18.7. The highest BCUT2D eigenvalue weighted by Crippen LogP contribution is 2.13. The van der Waals surface area contributed by atoms with Crippen LogP contribution in [0.1, 0.15) is 23.6 Å². The second kappa shape index (κ2) is 12.9. The lowest BCUT2D eigenvalue weighted by Gasteiger charge is -2.18. The quantitative estimate of drug-likeness (QED) is 0.255. The molecule has 1 heterocycles. The molecule has 0 radical (unpaired) electrons. The van der Waals surface area contributed by atoms with Gasteiger partial charge in [0.1, 0.15) is 11.9 Å². The number of nitrogens with one attached hydrogen (secondary N) is 2. The van der Waals surface area contributed by atoms with Crippen molar-refractivity contribution in [2.24, 2.45) is 4.99 Å². The Balaban J connectivity index is 0.00000363. The van der Waals surface area contributed by atoms with Gasteiger partial charge >= 0.3 is 0 Å². The fraction of sp³-hybridized carbons (Fsp3) is 0.280. The van der Waals surface area contributed by atoms with Crippen molar-refractivity contribution in [3.05, 3.63) is 100.0 Å². The van der Waals surface area contributed by atoms with Crippen LogP contribution < -0.4 is 20.9 Å². The summed E-state index contributed by atoms with van der Waals surface area (Å²) in [6.07, 6.45) is 1.80. The van der Waals surface area contributed by atoms with Gasteiger partial charge in [0.2, 0.25) is 0 Å². The first-order valence-electron chi connectivity index (χ1n) is 10.4. The van der Waals surface area contributed by atoms with Crippen molar-refractivity contribution in [2.45, 2.75) is 33.0 Å². The summed E-state index contributed by atoms with van der Waals surface area (Å²) in [5.74, 6) is 1.59. The Morgan fingerprint density at radius 1 is 1.03 bits per heavy atom. The fourth-order valence-electron chi connectivity index (χ4n) is 3.16. The summed E-state index contributed by atoms with van der Waals surface area (Å²) >= 11 is 0. The third-order valence-corrected chi connectivity index (χ3v) is 4.84. The molecule has 0 bridgehead atoms. The van der Waals surface area contributed by atoms with Gasteiger partial charge < -0.3 is 19.9 Å². The molecule has 1 atom stereocenters. The van der Waals surface area contributed by atoms with Crippen LogP contribution >= 0.6 is 24.0 Å². The van der Waals surface area contributed by atoms with Gasteiger partial charge in [-0.1, -0.05) is 42.5 Å². The summed E-state index contributed by atoms with van der Waals surface area (Å²) in [6, 6.07) is 21.5. The highest BCUT2D eigenvalue weighted by Gasteiger charge is 2.06. The highest BCUT2D eigenvalue weighted by atomic mass is 127. The number of ether oxygens (including phenoxy) is 1. The van der Waals surface area contributed by atoms with Crippen LogP contribution in [0.2, 0.25) is 0 Å². The number of guanidine groups is 1. The molecule has 32 heavy (non-hydrogen) atoms. The minimum absolute atomic E-state index is 0. The molecule has 3 aromatic rings. The summed E-state index contributed by atoms with van der Waals surface area (Å²) in [5.41, 5.74) is 3.40. The lowest BCUT2D eigenvalue weighted by atomic mass is 10.1. The van der Waals surface area contributed by atoms with Crippen LogP contribution in [0.5, 0.6) is 5.75 Å². The minimum Gasteiger partial charge on any atom is -0.489 e. The van der Waals surface area contributed by atoms with E-state index in [4.69, 9.17) is 4.74 Å². The molecule has 0 aliphatic carbocycles. The monoisotopic (exact) mass is 546 g/mol. The van der Waals surface area contributed by atoms with Crippen molar-refractivity contribution >= 4 is 29.9 Å². The number of nitrogens with zero attached hydrogens (tertiary/aromatic N) is 2. The number of aliphatic imine (C=N–C) groups is 1. The number of hydrogen-bond donors (Lipinski definition) is 2. The van der Waals surface area contributed by atoms with Gasteiger partial charge in [-0.05, 0) is 48.7 Å². The Bertz CT molecular complexity index is 1060. The predicted molar refractivity (Wildman–Crippen MR) is 141 cm³/mol. The lowest BCUT2D eigenvalue weighted by molar-refractivity contribution is 0.223. The molecule has 0 aliphatic heterocycles. The van der Waals surface area contributed by atoms with Crippen molar-refractivity contribution < 1.29 is 4.74 Å². The highest BCUT2D eigenvalue weighted by molar-refractivity contribution is 14.0. The van der Waals surface area contributed by atoms with Crippen LogP contribution in [-0.4, -0.2) is 30.2 Å². The molecule has 1 unspecified atom stereocenters. The van der Waals surface area contributed by atoms with Crippen LogP contribution in [0, 0.1) is 6.92 Å². The van der Waals surface area contributed by atoms with Crippen molar-refractivity contribution in [1.29, 1.82) is 0 Å². The number of aryl methyl sites for hydroxylation is 1. The summed E-state index contributed by atoms with van der Waals surface area (Å²) in [6.45, 7) is 5.93. The Morgan fingerprint density at radius 3 is 2.47 bits per heavy atom. The number of halogens is 1. The van der Waals surface area contributed by atoms with Crippen LogP contribution in [0.15, 0.2) is 82.7 Å². The maximum atomic E-state index is 11.9. The lowest BCUT2D eigenvalue weighted by Crippen LogP contribution is -2.41.